The van der Waals surface area contributed by atoms with E-state index in [1.165, 1.54) is 32.9 Å². The van der Waals surface area contributed by atoms with Crippen LogP contribution >= 0.6 is 0 Å². The highest BCUT2D eigenvalue weighted by atomic mass is 16.5. The largest absolute Gasteiger partial charge is 0.508 e. The van der Waals surface area contributed by atoms with Gasteiger partial charge in [0.15, 0.2) is 11.6 Å². The van der Waals surface area contributed by atoms with Gasteiger partial charge in [-0.15, -0.1) is 0 Å². The van der Waals surface area contributed by atoms with Gasteiger partial charge in [0.2, 0.25) is 0 Å². The van der Waals surface area contributed by atoms with Crippen LogP contribution in [-0.4, -0.2) is 56.4 Å². The quantitative estimate of drug-likeness (QED) is 0.245. The van der Waals surface area contributed by atoms with Crippen LogP contribution in [0.4, 0.5) is 0 Å². The van der Waals surface area contributed by atoms with Gasteiger partial charge in [-0.2, -0.15) is 0 Å². The molecule has 0 unspecified atom stereocenters. The van der Waals surface area contributed by atoms with E-state index < -0.39 is 23.1 Å². The molecule has 35 heavy (non-hydrogen) atoms. The molecule has 0 bridgehead atoms. The van der Waals surface area contributed by atoms with Crippen LogP contribution in [0.25, 0.3) is 0 Å². The summed E-state index contributed by atoms with van der Waals surface area (Å²) in [7, 11) is 1.57. The van der Waals surface area contributed by atoms with Crippen molar-refractivity contribution in [3.63, 3.8) is 0 Å². The molecule has 0 amide bonds. The summed E-state index contributed by atoms with van der Waals surface area (Å²) in [6.07, 6.45) is 5.49. The highest BCUT2D eigenvalue weighted by Gasteiger charge is 2.29. The van der Waals surface area contributed by atoms with Crippen LogP contribution in [0.2, 0.25) is 0 Å². The van der Waals surface area contributed by atoms with Crippen molar-refractivity contribution >= 4 is 11.6 Å². The summed E-state index contributed by atoms with van der Waals surface area (Å²) in [5.41, 5.74) is 0.0550. The molecule has 0 aliphatic carbocycles. The number of rotatable bonds is 13. The summed E-state index contributed by atoms with van der Waals surface area (Å²) in [5, 5.41) is 40.4. The maximum atomic E-state index is 12.5. The predicted octanol–water partition coefficient (Wildman–Crippen LogP) is 3.89. The van der Waals surface area contributed by atoms with E-state index in [-0.39, 0.29) is 30.8 Å². The average Bonchev–Trinajstić information content (AvgIpc) is 2.73. The van der Waals surface area contributed by atoms with E-state index in [0.717, 1.165) is 22.8 Å². The molecular weight excluding hydrogens is 448 g/mol. The second-order valence-electron chi connectivity index (χ2n) is 9.92. The van der Waals surface area contributed by atoms with Crippen molar-refractivity contribution in [2.75, 3.05) is 7.11 Å². The minimum atomic E-state index is -1.70. The average molecular weight is 489 g/mol. The SMILES string of the molecule is COc1c(C)cc(O)cc1C/C=C(\C)CC(=O)/C=C(/C)[C@H](O)CC[C@](C)(O)C(=O)/C=C/C(C)(C)O. The van der Waals surface area contributed by atoms with Crippen LogP contribution in [-0.2, 0) is 16.0 Å². The van der Waals surface area contributed by atoms with Gasteiger partial charge in [-0.05, 0) is 96.2 Å². The molecule has 0 heterocycles. The van der Waals surface area contributed by atoms with Gasteiger partial charge in [-0.25, -0.2) is 0 Å². The summed E-state index contributed by atoms with van der Waals surface area (Å²) in [6.45, 7) is 9.71. The fourth-order valence-electron chi connectivity index (χ4n) is 3.53. The first-order chi connectivity index (χ1) is 16.1. The molecule has 1 aromatic rings. The Bertz CT molecular complexity index is 991. The van der Waals surface area contributed by atoms with Crippen molar-refractivity contribution in [2.45, 2.75) is 84.5 Å². The molecular formula is C28H40O7. The fourth-order valence-corrected chi connectivity index (χ4v) is 3.53. The lowest BCUT2D eigenvalue weighted by atomic mass is 9.90. The monoisotopic (exact) mass is 488 g/mol. The van der Waals surface area contributed by atoms with Gasteiger partial charge in [-0.1, -0.05) is 17.7 Å². The number of aryl methyl sites for hydroxylation is 1. The Hall–Kier alpha value is -2.74. The van der Waals surface area contributed by atoms with Crippen molar-refractivity contribution in [3.05, 3.63) is 58.7 Å². The molecule has 7 heteroatoms. The van der Waals surface area contributed by atoms with E-state index in [1.54, 1.807) is 26.2 Å². The van der Waals surface area contributed by atoms with E-state index in [4.69, 9.17) is 4.74 Å². The number of aliphatic hydroxyl groups is 3. The summed E-state index contributed by atoms with van der Waals surface area (Å²) in [5.74, 6) is 0.109. The first kappa shape index (κ1) is 30.3. The number of benzene rings is 1. The van der Waals surface area contributed by atoms with Crippen LogP contribution in [0, 0.1) is 6.92 Å². The van der Waals surface area contributed by atoms with Gasteiger partial charge in [0.25, 0.3) is 0 Å². The van der Waals surface area contributed by atoms with Crippen molar-refractivity contribution in [1.82, 2.24) is 0 Å². The van der Waals surface area contributed by atoms with Gasteiger partial charge in [0.1, 0.15) is 17.1 Å². The molecule has 0 radical (unpaired) electrons. The fraction of sp³-hybridized carbons (Fsp3) is 0.500. The number of hydrogen-bond donors (Lipinski definition) is 4. The molecule has 0 saturated heterocycles. The van der Waals surface area contributed by atoms with Crippen molar-refractivity contribution in [1.29, 1.82) is 0 Å². The minimum Gasteiger partial charge on any atom is -0.508 e. The lowest BCUT2D eigenvalue weighted by molar-refractivity contribution is -0.131. The van der Waals surface area contributed by atoms with E-state index in [2.05, 4.69) is 0 Å². The molecule has 0 fully saturated rings. The van der Waals surface area contributed by atoms with Crippen LogP contribution in [0.1, 0.15) is 65.0 Å². The Balaban J connectivity index is 2.72. The molecule has 1 aromatic carbocycles. The van der Waals surface area contributed by atoms with Gasteiger partial charge >= 0.3 is 0 Å². The number of ether oxygens (including phenoxy) is 1. The summed E-state index contributed by atoms with van der Waals surface area (Å²) < 4.78 is 5.42. The topological polar surface area (TPSA) is 124 Å². The molecule has 4 N–H and O–H groups in total. The number of phenolic OH excluding ortho intramolecular Hbond substituents is 1. The first-order valence-electron chi connectivity index (χ1n) is 11.7. The first-order valence-corrected chi connectivity index (χ1v) is 11.7. The van der Waals surface area contributed by atoms with Crippen LogP contribution < -0.4 is 4.74 Å². The summed E-state index contributed by atoms with van der Waals surface area (Å²) in [4.78, 5) is 24.7. The number of phenols is 1. The van der Waals surface area contributed by atoms with E-state index in [9.17, 15) is 30.0 Å². The lowest BCUT2D eigenvalue weighted by Crippen LogP contribution is -2.35. The van der Waals surface area contributed by atoms with E-state index in [0.29, 0.717) is 17.7 Å². The number of aliphatic hydroxyl groups excluding tert-OH is 1. The number of aromatic hydroxyl groups is 1. The third kappa shape index (κ3) is 10.6. The van der Waals surface area contributed by atoms with E-state index in [1.807, 2.05) is 19.9 Å². The third-order valence-corrected chi connectivity index (χ3v) is 5.66. The second kappa shape index (κ2) is 12.8. The van der Waals surface area contributed by atoms with Crippen LogP contribution in [0.15, 0.2) is 47.6 Å². The minimum absolute atomic E-state index is 0.00727. The molecule has 0 aromatic heterocycles. The molecule has 0 aliphatic rings. The third-order valence-electron chi connectivity index (χ3n) is 5.66. The number of methoxy groups -OCH3 is 1. The standard InChI is InChI=1S/C28H40O7/c1-18(8-9-21-17-23(30)16-20(3)26(21)35-7)14-22(29)15-19(2)24(31)10-13-28(6,34)25(32)11-12-27(4,5)33/h8,11-12,15-17,24,30-31,33-34H,9-10,13-14H2,1-7H3/b12-11+,18-8+,19-15-/t24-,28+/m1/s1. The van der Waals surface area contributed by atoms with Gasteiger partial charge in [-0.3, -0.25) is 9.59 Å². The number of ketones is 2. The Kier molecular flexibility index (Phi) is 11.1. The molecule has 0 aliphatic heterocycles. The zero-order chi connectivity index (χ0) is 27.0. The van der Waals surface area contributed by atoms with E-state index >= 15 is 0 Å². The van der Waals surface area contributed by atoms with Gasteiger partial charge < -0.3 is 25.2 Å². The molecule has 0 saturated carbocycles. The second-order valence-corrected chi connectivity index (χ2v) is 9.92. The zero-order valence-electron chi connectivity index (χ0n) is 21.9. The van der Waals surface area contributed by atoms with Crippen LogP contribution in [0.3, 0.4) is 0 Å². The van der Waals surface area contributed by atoms with Crippen LogP contribution in [0.5, 0.6) is 11.5 Å². The highest BCUT2D eigenvalue weighted by molar-refractivity contribution is 5.96. The molecule has 0 spiro atoms. The molecule has 2 atom stereocenters. The van der Waals surface area contributed by atoms with Crippen molar-refractivity contribution < 1.29 is 34.8 Å². The zero-order valence-corrected chi connectivity index (χ0v) is 21.9. The maximum Gasteiger partial charge on any atom is 0.186 e. The molecule has 1 rings (SSSR count). The maximum absolute atomic E-state index is 12.5. The Morgan fingerprint density at radius 1 is 1.14 bits per heavy atom. The van der Waals surface area contributed by atoms with Gasteiger partial charge in [0.05, 0.1) is 18.8 Å². The smallest absolute Gasteiger partial charge is 0.186 e. The highest BCUT2D eigenvalue weighted by Crippen LogP contribution is 2.29. The number of hydrogen-bond acceptors (Lipinski definition) is 7. The summed E-state index contributed by atoms with van der Waals surface area (Å²) >= 11 is 0. The molecule has 7 nitrogen and oxygen atoms in total. The molecule has 194 valence electrons. The lowest BCUT2D eigenvalue weighted by Gasteiger charge is -2.22. The van der Waals surface area contributed by atoms with Crippen molar-refractivity contribution in [2.24, 2.45) is 0 Å². The normalized spacial score (nSPS) is 15.7. The number of carbonyl (C=O) groups is 2. The predicted molar refractivity (Wildman–Crippen MR) is 137 cm³/mol. The Labute approximate surface area is 208 Å². The number of carbonyl (C=O) groups excluding carboxylic acids is 2. The Morgan fingerprint density at radius 3 is 2.34 bits per heavy atom. The van der Waals surface area contributed by atoms with Crippen molar-refractivity contribution in [3.8, 4) is 11.5 Å². The number of allylic oxidation sites excluding steroid dienone is 3. The summed E-state index contributed by atoms with van der Waals surface area (Å²) in [6, 6.07) is 3.26. The Morgan fingerprint density at radius 2 is 1.77 bits per heavy atom. The van der Waals surface area contributed by atoms with Gasteiger partial charge in [0, 0.05) is 12.0 Å².